The smallest absolute Gasteiger partial charge is 0.311 e. The maximum atomic E-state index is 13.0. The van der Waals surface area contributed by atoms with Crippen LogP contribution in [0, 0.1) is 11.8 Å². The number of aliphatic carboxylic acids is 1. The highest BCUT2D eigenvalue weighted by molar-refractivity contribution is 5.80. The van der Waals surface area contributed by atoms with Gasteiger partial charge in [0.2, 0.25) is 0 Å². The van der Waals surface area contributed by atoms with Gasteiger partial charge in [-0.2, -0.15) is 0 Å². The fourth-order valence-corrected chi connectivity index (χ4v) is 7.15. The van der Waals surface area contributed by atoms with E-state index in [0.29, 0.717) is 12.8 Å². The quantitative estimate of drug-likeness (QED) is 0.179. The summed E-state index contributed by atoms with van der Waals surface area (Å²) in [6, 6.07) is -1.10. The molecule has 0 saturated carbocycles. The number of esters is 1. The Bertz CT molecular complexity index is 1320. The van der Waals surface area contributed by atoms with E-state index in [0.717, 1.165) is 6.42 Å². The molecule has 2 bridgehead atoms. The van der Waals surface area contributed by atoms with Gasteiger partial charge in [-0.05, 0) is 32.6 Å². The molecule has 0 amide bonds. The minimum absolute atomic E-state index is 0.0177. The third kappa shape index (κ3) is 13.7. The number of aliphatic hydroxyl groups excluding tert-OH is 5. The largest absolute Gasteiger partial charge is 0.481 e. The zero-order valence-corrected chi connectivity index (χ0v) is 31.5. The van der Waals surface area contributed by atoms with Crippen molar-refractivity contribution in [3.05, 3.63) is 48.6 Å². The van der Waals surface area contributed by atoms with Crippen LogP contribution in [0.1, 0.15) is 91.4 Å². The van der Waals surface area contributed by atoms with Crippen molar-refractivity contribution in [1.82, 2.24) is 0 Å². The monoisotopic (exact) mass is 767 g/mol. The number of nitrogens with two attached hydrogens (primary N) is 1. The van der Waals surface area contributed by atoms with Crippen LogP contribution in [0.2, 0.25) is 0 Å². The Kier molecular flexibility index (Phi) is 18.6. The molecule has 1 unspecified atom stereocenters. The molecule has 15 heteroatoms. The number of rotatable bonds is 6. The van der Waals surface area contributed by atoms with Gasteiger partial charge in [0.1, 0.15) is 23.9 Å². The number of fused-ring (bicyclic) bond motifs is 2. The SMILES string of the molecule is CCC[C@H]1C/C=C/C=C/C=C/C=C/[C@H](O[C@@H]2O[C@H](C)[C@@H](O)[C@H](N)[C@@H]2O)CC2O[C@](O)(C[C@H](O)CCCC(=O)C[C@@H](O)[C@H](CC)C(=O)O1)C[C@H](O)[C@H]2C(=O)O. The van der Waals surface area contributed by atoms with Crippen LogP contribution in [0.3, 0.4) is 0 Å². The zero-order valence-electron chi connectivity index (χ0n) is 31.5. The van der Waals surface area contributed by atoms with E-state index in [9.17, 15) is 50.1 Å². The van der Waals surface area contributed by atoms with Crippen molar-refractivity contribution in [2.75, 3.05) is 0 Å². The van der Waals surface area contributed by atoms with Crippen molar-refractivity contribution in [2.24, 2.45) is 17.6 Å². The molecule has 306 valence electrons. The van der Waals surface area contributed by atoms with Gasteiger partial charge in [-0.15, -0.1) is 0 Å². The molecule has 3 rings (SSSR count). The number of ether oxygens (including phenoxy) is 4. The number of cyclic esters (lactones) is 1. The lowest BCUT2D eigenvalue weighted by molar-refractivity contribution is -0.308. The number of aliphatic hydroxyl groups is 6. The number of ketones is 1. The molecule has 2 fully saturated rings. The Morgan fingerprint density at radius 3 is 2.33 bits per heavy atom. The van der Waals surface area contributed by atoms with E-state index in [-0.39, 0.29) is 44.3 Å². The summed E-state index contributed by atoms with van der Waals surface area (Å²) in [5, 5.41) is 75.1. The van der Waals surface area contributed by atoms with Gasteiger partial charge in [0.05, 0.1) is 54.7 Å². The molecular formula is C39H61NO14. The summed E-state index contributed by atoms with van der Waals surface area (Å²) in [7, 11) is 0. The second kappa shape index (κ2) is 22.0. The van der Waals surface area contributed by atoms with E-state index in [4.69, 9.17) is 24.7 Å². The van der Waals surface area contributed by atoms with Gasteiger partial charge in [-0.3, -0.25) is 14.4 Å². The highest BCUT2D eigenvalue weighted by Crippen LogP contribution is 2.38. The van der Waals surface area contributed by atoms with Gasteiger partial charge in [-0.25, -0.2) is 0 Å². The number of carboxylic acid groups (broad SMARTS) is 1. The normalized spacial score (nSPS) is 42.3. The first-order valence-electron chi connectivity index (χ1n) is 19.1. The Morgan fingerprint density at radius 2 is 1.67 bits per heavy atom. The first-order valence-corrected chi connectivity index (χ1v) is 19.1. The molecule has 0 aromatic rings. The summed E-state index contributed by atoms with van der Waals surface area (Å²) in [6.07, 6.45) is 2.99. The maximum absolute atomic E-state index is 13.0. The molecule has 9 N–H and O–H groups in total. The first-order chi connectivity index (χ1) is 25.6. The number of hydrogen-bond donors (Lipinski definition) is 8. The summed E-state index contributed by atoms with van der Waals surface area (Å²) in [5.74, 6) is -6.81. The molecule has 54 heavy (non-hydrogen) atoms. The average Bonchev–Trinajstić information content (AvgIpc) is 3.08. The van der Waals surface area contributed by atoms with Crippen LogP contribution in [-0.4, -0.2) is 127 Å². The second-order valence-corrected chi connectivity index (χ2v) is 14.7. The number of hydrogen-bond acceptors (Lipinski definition) is 14. The fraction of sp³-hybridized carbons (Fsp3) is 0.718. The van der Waals surface area contributed by atoms with E-state index in [1.165, 1.54) is 0 Å². The highest BCUT2D eigenvalue weighted by Gasteiger charge is 2.50. The van der Waals surface area contributed by atoms with E-state index in [1.54, 1.807) is 56.4 Å². The summed E-state index contributed by atoms with van der Waals surface area (Å²) in [4.78, 5) is 38.2. The van der Waals surface area contributed by atoms with Crippen molar-refractivity contribution < 1.29 is 69.1 Å². The summed E-state index contributed by atoms with van der Waals surface area (Å²) in [6.45, 7) is 5.27. The number of carbonyl (C=O) groups is 3. The molecule has 3 heterocycles. The molecule has 3 aliphatic rings. The van der Waals surface area contributed by atoms with Gasteiger partial charge >= 0.3 is 11.9 Å². The molecule has 15 nitrogen and oxygen atoms in total. The van der Waals surface area contributed by atoms with E-state index in [2.05, 4.69) is 0 Å². The molecule has 0 radical (unpaired) electrons. The standard InChI is InChI=1S/C39H61NO14/c1-4-14-26-17-11-9-7-6-8-10-12-18-27(53-38-35(46)33(40)34(45)23(3)51-38)20-31-32(36(47)48)30(44)22-39(50,54-31)21-25(42)16-13-15-24(41)19-29(43)28(5-2)37(49)52-26/h6-12,18,23,25-35,38,42-46,50H,4-5,13-17,19-22,40H2,1-3H3,(H,47,48)/b7-6+,10-8+,11-9+,18-12+/t23-,25-,26+,27+,28+,29-,30+,31?,32-,33+,34-,35+,38+,39-/m1/s1. The minimum atomic E-state index is -2.15. The van der Waals surface area contributed by atoms with Crippen molar-refractivity contribution in [3.63, 3.8) is 0 Å². The Hall–Kier alpha value is -2.83. The molecule has 0 aliphatic carbocycles. The summed E-state index contributed by atoms with van der Waals surface area (Å²) < 4.78 is 23.4. The van der Waals surface area contributed by atoms with Crippen LogP contribution in [0.15, 0.2) is 48.6 Å². The number of carboxylic acids is 1. The number of Topliss-reactive ketones (excluding diaryl/α,β-unsaturated/α-hetero) is 1. The third-order valence-electron chi connectivity index (χ3n) is 10.2. The zero-order chi connectivity index (χ0) is 40.0. The lowest BCUT2D eigenvalue weighted by Gasteiger charge is -2.45. The highest BCUT2D eigenvalue weighted by atomic mass is 16.7. The first kappa shape index (κ1) is 45.6. The molecule has 0 aromatic heterocycles. The van der Waals surface area contributed by atoms with Gasteiger partial charge in [-0.1, -0.05) is 68.9 Å². The topological polar surface area (TPSA) is 256 Å². The minimum Gasteiger partial charge on any atom is -0.481 e. The Labute approximate surface area is 317 Å². The van der Waals surface area contributed by atoms with Crippen molar-refractivity contribution in [1.29, 1.82) is 0 Å². The molecular weight excluding hydrogens is 706 g/mol. The van der Waals surface area contributed by atoms with Gasteiger partial charge < -0.3 is 60.4 Å². The molecule has 0 spiro atoms. The Balaban J connectivity index is 1.90. The fourth-order valence-electron chi connectivity index (χ4n) is 7.15. The maximum Gasteiger partial charge on any atom is 0.311 e. The van der Waals surface area contributed by atoms with Crippen LogP contribution >= 0.6 is 0 Å². The molecule has 0 aromatic carbocycles. The van der Waals surface area contributed by atoms with Gasteiger partial charge in [0.15, 0.2) is 12.1 Å². The lowest BCUT2D eigenvalue weighted by Crippen LogP contribution is -2.61. The van der Waals surface area contributed by atoms with Crippen molar-refractivity contribution >= 4 is 17.7 Å². The van der Waals surface area contributed by atoms with E-state index >= 15 is 0 Å². The number of allylic oxidation sites excluding steroid dienone is 6. The van der Waals surface area contributed by atoms with Crippen LogP contribution in [0.4, 0.5) is 0 Å². The molecule has 3 aliphatic heterocycles. The van der Waals surface area contributed by atoms with Crippen LogP contribution in [0.25, 0.3) is 0 Å². The van der Waals surface area contributed by atoms with E-state index in [1.807, 2.05) is 13.0 Å². The number of carbonyl (C=O) groups excluding carboxylic acids is 2. The third-order valence-corrected chi connectivity index (χ3v) is 10.2. The molecule has 2 saturated heterocycles. The van der Waals surface area contributed by atoms with Crippen molar-refractivity contribution in [2.45, 2.75) is 164 Å². The van der Waals surface area contributed by atoms with Gasteiger partial charge in [0.25, 0.3) is 0 Å². The summed E-state index contributed by atoms with van der Waals surface area (Å²) in [5.41, 5.74) is 6.00. The Morgan fingerprint density at radius 1 is 0.981 bits per heavy atom. The van der Waals surface area contributed by atoms with Gasteiger partial charge in [0, 0.05) is 38.5 Å². The molecule has 14 atom stereocenters. The predicted octanol–water partition coefficient (Wildman–Crippen LogP) is 1.70. The second-order valence-electron chi connectivity index (χ2n) is 14.7. The lowest BCUT2D eigenvalue weighted by atomic mass is 9.83. The van der Waals surface area contributed by atoms with Crippen LogP contribution in [-0.2, 0) is 33.3 Å². The summed E-state index contributed by atoms with van der Waals surface area (Å²) >= 11 is 0. The van der Waals surface area contributed by atoms with Crippen LogP contribution < -0.4 is 5.73 Å². The van der Waals surface area contributed by atoms with Crippen molar-refractivity contribution in [3.8, 4) is 0 Å². The van der Waals surface area contributed by atoms with Crippen LogP contribution in [0.5, 0.6) is 0 Å². The predicted molar refractivity (Wildman–Crippen MR) is 195 cm³/mol. The van der Waals surface area contributed by atoms with E-state index < -0.39 is 110 Å². The average molecular weight is 768 g/mol.